The number of aromatic nitrogens is 1. The highest BCUT2D eigenvalue weighted by Crippen LogP contribution is 2.38. The topological polar surface area (TPSA) is 102 Å². The lowest BCUT2D eigenvalue weighted by atomic mass is 9.83. The van der Waals surface area contributed by atoms with Crippen LogP contribution in [0.2, 0.25) is 0 Å². The van der Waals surface area contributed by atoms with Gasteiger partial charge in [-0.1, -0.05) is 30.3 Å². The monoisotopic (exact) mass is 580 g/mol. The SMILES string of the molecule is Cc1oc(-c2ccc(C(F)(F)F)cc2)nc1COc1cccc(C(C)(C)C(=O)N2c3ccccc3C[C@H]2OC(=O)O)c1. The minimum atomic E-state index is -4.44. The van der Waals surface area contributed by atoms with E-state index in [1.54, 1.807) is 57.2 Å². The number of oxazole rings is 1. The van der Waals surface area contributed by atoms with Crippen molar-refractivity contribution in [3.8, 4) is 17.2 Å². The van der Waals surface area contributed by atoms with E-state index in [0.717, 1.165) is 17.7 Å². The second kappa shape index (κ2) is 10.9. The lowest BCUT2D eigenvalue weighted by molar-refractivity contribution is -0.137. The predicted molar refractivity (Wildman–Crippen MR) is 146 cm³/mol. The number of nitrogens with zero attached hydrogens (tertiary/aromatic N) is 2. The van der Waals surface area contributed by atoms with Crippen LogP contribution < -0.4 is 9.64 Å². The molecule has 1 aliphatic rings. The molecule has 0 aliphatic carbocycles. The molecule has 2 heterocycles. The van der Waals surface area contributed by atoms with Crippen molar-refractivity contribution < 1.29 is 41.8 Å². The van der Waals surface area contributed by atoms with Crippen LogP contribution in [0.1, 0.15) is 42.0 Å². The summed E-state index contributed by atoms with van der Waals surface area (Å²) in [6.07, 6.45) is -6.65. The van der Waals surface area contributed by atoms with Gasteiger partial charge in [-0.3, -0.25) is 9.69 Å². The summed E-state index contributed by atoms with van der Waals surface area (Å²) in [6.45, 7) is 5.18. The molecule has 0 bridgehead atoms. The Balaban J connectivity index is 1.33. The zero-order chi connectivity index (χ0) is 30.2. The van der Waals surface area contributed by atoms with Gasteiger partial charge in [0, 0.05) is 12.0 Å². The number of fused-ring (bicyclic) bond motifs is 1. The van der Waals surface area contributed by atoms with Crippen molar-refractivity contribution in [2.75, 3.05) is 4.90 Å². The van der Waals surface area contributed by atoms with Gasteiger partial charge in [-0.15, -0.1) is 0 Å². The predicted octanol–water partition coefficient (Wildman–Crippen LogP) is 7.14. The highest BCUT2D eigenvalue weighted by Gasteiger charge is 2.43. The molecule has 5 rings (SSSR count). The van der Waals surface area contributed by atoms with E-state index in [-0.39, 0.29) is 24.8 Å². The van der Waals surface area contributed by atoms with Crippen LogP contribution in [0.15, 0.2) is 77.2 Å². The number of hydrogen-bond acceptors (Lipinski definition) is 6. The van der Waals surface area contributed by atoms with Gasteiger partial charge in [0.1, 0.15) is 23.8 Å². The Labute approximate surface area is 239 Å². The third-order valence-corrected chi connectivity index (χ3v) is 7.21. The molecule has 0 unspecified atom stereocenters. The minimum absolute atomic E-state index is 0.0157. The van der Waals surface area contributed by atoms with Crippen molar-refractivity contribution >= 4 is 17.7 Å². The Morgan fingerprint density at radius 1 is 1.02 bits per heavy atom. The van der Waals surface area contributed by atoms with E-state index in [1.165, 1.54) is 17.0 Å². The lowest BCUT2D eigenvalue weighted by Gasteiger charge is -2.33. The number of amides is 1. The molecular weight excluding hydrogens is 553 g/mol. The van der Waals surface area contributed by atoms with E-state index in [0.29, 0.717) is 34.0 Å². The van der Waals surface area contributed by atoms with Crippen LogP contribution in [0.25, 0.3) is 11.5 Å². The van der Waals surface area contributed by atoms with Crippen LogP contribution in [0.3, 0.4) is 0 Å². The zero-order valence-electron chi connectivity index (χ0n) is 22.9. The smallest absolute Gasteiger partial charge is 0.487 e. The van der Waals surface area contributed by atoms with Crippen LogP contribution in [-0.2, 0) is 34.2 Å². The maximum Gasteiger partial charge on any atom is 0.507 e. The first-order valence-electron chi connectivity index (χ1n) is 13.0. The minimum Gasteiger partial charge on any atom is -0.487 e. The van der Waals surface area contributed by atoms with Crippen molar-refractivity contribution in [2.24, 2.45) is 0 Å². The Morgan fingerprint density at radius 3 is 2.43 bits per heavy atom. The molecule has 11 heteroatoms. The summed E-state index contributed by atoms with van der Waals surface area (Å²) in [5.41, 5.74) is 1.05. The van der Waals surface area contributed by atoms with Crippen molar-refractivity contribution in [1.29, 1.82) is 0 Å². The number of hydrogen-bond donors (Lipinski definition) is 1. The van der Waals surface area contributed by atoms with Crippen LogP contribution in [-0.4, -0.2) is 28.4 Å². The van der Waals surface area contributed by atoms with Gasteiger partial charge in [-0.25, -0.2) is 9.78 Å². The number of carbonyl (C=O) groups is 2. The van der Waals surface area contributed by atoms with E-state index >= 15 is 0 Å². The van der Waals surface area contributed by atoms with E-state index in [1.807, 2.05) is 12.1 Å². The molecule has 218 valence electrons. The van der Waals surface area contributed by atoms with Crippen molar-refractivity contribution in [2.45, 2.75) is 51.6 Å². The molecule has 8 nitrogen and oxygen atoms in total. The summed E-state index contributed by atoms with van der Waals surface area (Å²) in [6, 6.07) is 18.7. The first kappa shape index (κ1) is 28.7. The highest BCUT2D eigenvalue weighted by atomic mass is 19.4. The molecule has 0 radical (unpaired) electrons. The van der Waals surface area contributed by atoms with Gasteiger partial charge in [-0.05, 0) is 74.4 Å². The summed E-state index contributed by atoms with van der Waals surface area (Å²) >= 11 is 0. The standard InChI is InChI=1S/C31H27F3N2O6/c1-18-24(35-27(41-18)19-11-13-21(14-12-19)31(32,33)34)17-40-23-9-6-8-22(16-23)30(2,3)28(37)36-25-10-5-4-7-20(25)15-26(36)42-29(38)39/h4-14,16,26H,15,17H2,1-3H3,(H,38,39)/t26-/m1/s1. The van der Waals surface area contributed by atoms with Crippen LogP contribution in [0, 0.1) is 6.92 Å². The molecule has 1 amide bonds. The Morgan fingerprint density at radius 2 is 1.74 bits per heavy atom. The summed E-state index contributed by atoms with van der Waals surface area (Å²) in [5, 5.41) is 9.26. The molecule has 0 saturated carbocycles. The molecule has 1 N–H and O–H groups in total. The van der Waals surface area contributed by atoms with Crippen molar-refractivity contribution in [3.63, 3.8) is 0 Å². The fourth-order valence-electron chi connectivity index (χ4n) is 4.84. The number of carbonyl (C=O) groups excluding carboxylic acids is 1. The van der Waals surface area contributed by atoms with Crippen LogP contribution >= 0.6 is 0 Å². The largest absolute Gasteiger partial charge is 0.507 e. The summed E-state index contributed by atoms with van der Waals surface area (Å²) in [4.78, 5) is 31.0. The second-order valence-electron chi connectivity index (χ2n) is 10.4. The summed E-state index contributed by atoms with van der Waals surface area (Å²) in [5.74, 6) is 0.731. The molecule has 1 aromatic heterocycles. The molecule has 0 fully saturated rings. The average molecular weight is 581 g/mol. The Bertz CT molecular complexity index is 1630. The second-order valence-corrected chi connectivity index (χ2v) is 10.4. The van der Waals surface area contributed by atoms with E-state index < -0.39 is 29.5 Å². The number of carboxylic acid groups (broad SMARTS) is 1. The first-order valence-corrected chi connectivity index (χ1v) is 13.0. The van der Waals surface area contributed by atoms with E-state index in [2.05, 4.69) is 4.98 Å². The molecule has 4 aromatic rings. The molecule has 3 aromatic carbocycles. The number of aryl methyl sites for hydroxylation is 1. The number of alkyl halides is 3. The number of para-hydroxylation sites is 1. The number of benzene rings is 3. The van der Waals surface area contributed by atoms with Crippen molar-refractivity contribution in [1.82, 2.24) is 4.98 Å². The van der Waals surface area contributed by atoms with Gasteiger partial charge in [0.15, 0.2) is 6.23 Å². The average Bonchev–Trinajstić information content (AvgIpc) is 3.50. The molecule has 1 atom stereocenters. The van der Waals surface area contributed by atoms with E-state index in [4.69, 9.17) is 13.9 Å². The quantitative estimate of drug-likeness (QED) is 0.232. The van der Waals surface area contributed by atoms with Gasteiger partial charge in [0.05, 0.1) is 16.7 Å². The zero-order valence-corrected chi connectivity index (χ0v) is 22.9. The van der Waals surface area contributed by atoms with Gasteiger partial charge in [-0.2, -0.15) is 13.2 Å². The fourth-order valence-corrected chi connectivity index (χ4v) is 4.84. The Hall–Kier alpha value is -4.80. The highest BCUT2D eigenvalue weighted by molar-refractivity contribution is 6.02. The maximum absolute atomic E-state index is 13.9. The maximum atomic E-state index is 13.9. The summed E-state index contributed by atoms with van der Waals surface area (Å²) in [7, 11) is 0. The van der Waals surface area contributed by atoms with Crippen LogP contribution in [0.4, 0.5) is 23.7 Å². The van der Waals surface area contributed by atoms with E-state index in [9.17, 15) is 27.9 Å². The van der Waals surface area contributed by atoms with Gasteiger partial charge in [0.25, 0.3) is 0 Å². The molecule has 1 aliphatic heterocycles. The number of rotatable bonds is 7. The number of halogens is 3. The molecule has 0 spiro atoms. The fraction of sp³-hybridized carbons (Fsp3) is 0.258. The number of anilines is 1. The Kier molecular flexibility index (Phi) is 7.44. The number of ether oxygens (including phenoxy) is 2. The molecule has 0 saturated heterocycles. The van der Waals surface area contributed by atoms with Crippen LogP contribution in [0.5, 0.6) is 5.75 Å². The lowest BCUT2D eigenvalue weighted by Crippen LogP contribution is -2.48. The third kappa shape index (κ3) is 5.67. The summed E-state index contributed by atoms with van der Waals surface area (Å²) < 4.78 is 55.4. The first-order chi connectivity index (χ1) is 19.8. The normalized spacial score (nSPS) is 14.9. The molecule has 42 heavy (non-hydrogen) atoms. The van der Waals surface area contributed by atoms with Gasteiger partial charge >= 0.3 is 12.3 Å². The van der Waals surface area contributed by atoms with Gasteiger partial charge in [0.2, 0.25) is 11.8 Å². The third-order valence-electron chi connectivity index (χ3n) is 7.21. The molecular formula is C31H27F3N2O6. The van der Waals surface area contributed by atoms with Crippen molar-refractivity contribution in [3.05, 3.63) is 101 Å². The van der Waals surface area contributed by atoms with Gasteiger partial charge < -0.3 is 19.0 Å².